The van der Waals surface area contributed by atoms with Gasteiger partial charge in [0, 0.05) is 16.8 Å². The Labute approximate surface area is 140 Å². The highest BCUT2D eigenvalue weighted by atomic mass is 32.2. The van der Waals surface area contributed by atoms with Gasteiger partial charge in [0.2, 0.25) is 10.0 Å². The molecular weight excluding hydrogens is 333 g/mol. The molecule has 0 bridgehead atoms. The number of benzene rings is 1. The van der Waals surface area contributed by atoms with E-state index in [1.165, 1.54) is 35.6 Å². The molecule has 1 N–H and O–H groups in total. The number of sulfonamides is 1. The molecule has 3 rings (SSSR count). The Morgan fingerprint density at radius 1 is 1.09 bits per heavy atom. The molecule has 0 amide bonds. The van der Waals surface area contributed by atoms with Gasteiger partial charge in [0.15, 0.2) is 0 Å². The van der Waals surface area contributed by atoms with Crippen LogP contribution in [0.4, 0.5) is 4.39 Å². The van der Waals surface area contributed by atoms with Crippen molar-refractivity contribution in [1.82, 2.24) is 4.72 Å². The molecule has 1 saturated carbocycles. The fourth-order valence-electron chi connectivity index (χ4n) is 3.25. The summed E-state index contributed by atoms with van der Waals surface area (Å²) in [5.74, 6) is -0.439. The first-order chi connectivity index (χ1) is 11.0. The van der Waals surface area contributed by atoms with Crippen molar-refractivity contribution in [2.45, 2.75) is 42.4 Å². The van der Waals surface area contributed by atoms with E-state index in [2.05, 4.69) is 10.8 Å². The smallest absolute Gasteiger partial charge is 0.210 e. The molecule has 1 aliphatic carbocycles. The van der Waals surface area contributed by atoms with Gasteiger partial charge in [-0.25, -0.2) is 17.5 Å². The molecule has 0 aliphatic heterocycles. The first-order valence-electron chi connectivity index (χ1n) is 7.81. The van der Waals surface area contributed by atoms with E-state index in [9.17, 15) is 12.8 Å². The monoisotopic (exact) mass is 353 g/mol. The Balaban J connectivity index is 1.80. The summed E-state index contributed by atoms with van der Waals surface area (Å²) >= 11 is 1.69. The summed E-state index contributed by atoms with van der Waals surface area (Å²) in [5, 5.41) is 2.04. The average Bonchev–Trinajstić information content (AvgIpc) is 3.10. The molecule has 6 heteroatoms. The van der Waals surface area contributed by atoms with Crippen LogP contribution in [0.25, 0.3) is 0 Å². The molecule has 3 nitrogen and oxygen atoms in total. The maximum atomic E-state index is 13.0. The quantitative estimate of drug-likeness (QED) is 0.881. The second kappa shape index (κ2) is 6.71. The van der Waals surface area contributed by atoms with E-state index in [1.54, 1.807) is 11.3 Å². The van der Waals surface area contributed by atoms with Crippen molar-refractivity contribution in [2.75, 3.05) is 6.54 Å². The van der Waals surface area contributed by atoms with Crippen LogP contribution in [-0.4, -0.2) is 15.0 Å². The van der Waals surface area contributed by atoms with Crippen molar-refractivity contribution in [3.63, 3.8) is 0 Å². The van der Waals surface area contributed by atoms with Gasteiger partial charge in [-0.3, -0.25) is 0 Å². The zero-order valence-electron chi connectivity index (χ0n) is 12.8. The lowest BCUT2D eigenvalue weighted by molar-refractivity contribution is 0.298. The van der Waals surface area contributed by atoms with Gasteiger partial charge >= 0.3 is 0 Å². The minimum Gasteiger partial charge on any atom is -0.210 e. The number of halogens is 1. The zero-order valence-corrected chi connectivity index (χ0v) is 14.4. The van der Waals surface area contributed by atoms with Crippen molar-refractivity contribution < 1.29 is 12.8 Å². The minimum atomic E-state index is -3.62. The average molecular weight is 353 g/mol. The number of nitrogens with one attached hydrogen (secondary N) is 1. The van der Waals surface area contributed by atoms with E-state index in [-0.39, 0.29) is 10.3 Å². The predicted octanol–water partition coefficient (Wildman–Crippen LogP) is 4.07. The van der Waals surface area contributed by atoms with E-state index in [0.29, 0.717) is 6.54 Å². The highest BCUT2D eigenvalue weighted by Gasteiger charge is 2.36. The van der Waals surface area contributed by atoms with Crippen LogP contribution in [0.3, 0.4) is 0 Å². The topological polar surface area (TPSA) is 46.2 Å². The predicted molar refractivity (Wildman–Crippen MR) is 90.7 cm³/mol. The maximum absolute atomic E-state index is 13.0. The van der Waals surface area contributed by atoms with Crippen LogP contribution in [-0.2, 0) is 15.4 Å². The van der Waals surface area contributed by atoms with Crippen LogP contribution < -0.4 is 4.72 Å². The highest BCUT2D eigenvalue weighted by molar-refractivity contribution is 7.89. The second-order valence-corrected chi connectivity index (χ2v) is 8.81. The van der Waals surface area contributed by atoms with Gasteiger partial charge in [0.25, 0.3) is 0 Å². The van der Waals surface area contributed by atoms with E-state index in [1.807, 2.05) is 11.4 Å². The Morgan fingerprint density at radius 3 is 2.39 bits per heavy atom. The van der Waals surface area contributed by atoms with Crippen LogP contribution in [0, 0.1) is 5.82 Å². The minimum absolute atomic E-state index is 0.107. The fourth-order valence-corrected chi connectivity index (χ4v) is 5.36. The van der Waals surface area contributed by atoms with Crippen molar-refractivity contribution in [1.29, 1.82) is 0 Å². The number of thiophene rings is 1. The van der Waals surface area contributed by atoms with E-state index < -0.39 is 15.8 Å². The molecule has 0 unspecified atom stereocenters. The third-order valence-corrected chi connectivity index (χ3v) is 7.11. The van der Waals surface area contributed by atoms with Gasteiger partial charge < -0.3 is 0 Å². The van der Waals surface area contributed by atoms with Crippen molar-refractivity contribution in [3.8, 4) is 0 Å². The van der Waals surface area contributed by atoms with E-state index in [4.69, 9.17) is 0 Å². The molecule has 1 aliphatic rings. The molecule has 0 atom stereocenters. The van der Waals surface area contributed by atoms with Gasteiger partial charge in [-0.1, -0.05) is 25.3 Å². The first-order valence-corrected chi connectivity index (χ1v) is 10.2. The molecule has 2 aromatic rings. The SMILES string of the molecule is O=S(=O)(NCC1(c2cccs2)CCCCC1)c1ccc(F)cc1. The number of hydrogen-bond acceptors (Lipinski definition) is 3. The summed E-state index contributed by atoms with van der Waals surface area (Å²) in [6.07, 6.45) is 5.45. The molecule has 23 heavy (non-hydrogen) atoms. The largest absolute Gasteiger partial charge is 0.240 e. The lowest BCUT2D eigenvalue weighted by Gasteiger charge is -2.36. The first kappa shape index (κ1) is 16.6. The Morgan fingerprint density at radius 2 is 1.78 bits per heavy atom. The summed E-state index contributed by atoms with van der Waals surface area (Å²) in [4.78, 5) is 1.36. The van der Waals surface area contributed by atoms with Crippen LogP contribution in [0.1, 0.15) is 37.0 Å². The van der Waals surface area contributed by atoms with Gasteiger partial charge in [0.1, 0.15) is 5.82 Å². The Hall–Kier alpha value is -1.24. The standard InChI is InChI=1S/C17H20FNO2S2/c18-14-6-8-15(9-7-14)23(20,21)19-13-17(10-2-1-3-11-17)16-5-4-12-22-16/h4-9,12,19H,1-3,10-11,13H2. The summed E-state index contributed by atoms with van der Waals surface area (Å²) < 4.78 is 40.7. The third-order valence-electron chi connectivity index (χ3n) is 4.58. The molecule has 1 aromatic carbocycles. The summed E-state index contributed by atoms with van der Waals surface area (Å²) in [6.45, 7) is 0.396. The maximum Gasteiger partial charge on any atom is 0.240 e. The lowest BCUT2D eigenvalue weighted by atomic mass is 9.73. The van der Waals surface area contributed by atoms with Gasteiger partial charge in [-0.05, 0) is 48.6 Å². The van der Waals surface area contributed by atoms with Crippen molar-refractivity contribution in [2.24, 2.45) is 0 Å². The molecule has 1 aromatic heterocycles. The van der Waals surface area contributed by atoms with E-state index in [0.717, 1.165) is 25.7 Å². The number of hydrogen-bond donors (Lipinski definition) is 1. The zero-order chi connectivity index (χ0) is 16.3. The summed E-state index contributed by atoms with van der Waals surface area (Å²) in [5.41, 5.74) is -0.112. The highest BCUT2D eigenvalue weighted by Crippen LogP contribution is 2.41. The fraction of sp³-hybridized carbons (Fsp3) is 0.412. The number of rotatable bonds is 5. The molecule has 0 spiro atoms. The van der Waals surface area contributed by atoms with Gasteiger partial charge in [-0.15, -0.1) is 11.3 Å². The lowest BCUT2D eigenvalue weighted by Crippen LogP contribution is -2.41. The molecule has 1 fully saturated rings. The van der Waals surface area contributed by atoms with Crippen LogP contribution >= 0.6 is 11.3 Å². The van der Waals surface area contributed by atoms with Gasteiger partial charge in [0.05, 0.1) is 4.90 Å². The Bertz CT molecular complexity index is 733. The molecule has 124 valence electrons. The van der Waals surface area contributed by atoms with Gasteiger partial charge in [-0.2, -0.15) is 0 Å². The molecule has 0 saturated heterocycles. The van der Waals surface area contributed by atoms with Crippen molar-refractivity contribution >= 4 is 21.4 Å². The van der Waals surface area contributed by atoms with Crippen molar-refractivity contribution in [3.05, 3.63) is 52.5 Å². The van der Waals surface area contributed by atoms with Crippen LogP contribution in [0.15, 0.2) is 46.7 Å². The molecule has 0 radical (unpaired) electrons. The normalized spacial score (nSPS) is 18.0. The molecule has 1 heterocycles. The third kappa shape index (κ3) is 3.65. The summed E-state index contributed by atoms with van der Waals surface area (Å²) in [6, 6.07) is 9.06. The van der Waals surface area contributed by atoms with Crippen LogP contribution in [0.2, 0.25) is 0 Å². The second-order valence-electron chi connectivity index (χ2n) is 6.10. The Kier molecular flexibility index (Phi) is 4.85. The van der Waals surface area contributed by atoms with E-state index >= 15 is 0 Å². The summed E-state index contributed by atoms with van der Waals surface area (Å²) in [7, 11) is -3.62. The van der Waals surface area contributed by atoms with Crippen LogP contribution in [0.5, 0.6) is 0 Å². The molecular formula is C17H20FNO2S2.